The van der Waals surface area contributed by atoms with Crippen LogP contribution in [0, 0.1) is 0 Å². The van der Waals surface area contributed by atoms with Gasteiger partial charge in [0.25, 0.3) is 5.91 Å². The van der Waals surface area contributed by atoms with Crippen molar-refractivity contribution in [3.63, 3.8) is 0 Å². The van der Waals surface area contributed by atoms with Gasteiger partial charge in [-0.05, 0) is 42.3 Å². The molecular weight excluding hydrogens is 272 g/mol. The predicted octanol–water partition coefficient (Wildman–Crippen LogP) is 1.73. The first-order chi connectivity index (χ1) is 7.44. The minimum absolute atomic E-state index is 0.0456. The Labute approximate surface area is 103 Å². The summed E-state index contributed by atoms with van der Waals surface area (Å²) < 4.78 is 0.764. The van der Waals surface area contributed by atoms with Crippen LogP contribution in [-0.4, -0.2) is 28.1 Å². The van der Waals surface area contributed by atoms with Gasteiger partial charge < -0.3 is 10.4 Å². The van der Waals surface area contributed by atoms with Crippen molar-refractivity contribution in [1.29, 1.82) is 0 Å². The molecule has 0 unspecified atom stereocenters. The zero-order chi connectivity index (χ0) is 12.2. The van der Waals surface area contributed by atoms with Crippen LogP contribution in [0.1, 0.15) is 30.6 Å². The Balaban J connectivity index is 2.72. The average molecular weight is 287 g/mol. The van der Waals surface area contributed by atoms with Crippen LogP contribution < -0.4 is 5.32 Å². The summed E-state index contributed by atoms with van der Waals surface area (Å²) in [6.07, 6.45) is 3.64. The zero-order valence-corrected chi connectivity index (χ0v) is 10.9. The van der Waals surface area contributed by atoms with Crippen molar-refractivity contribution in [2.45, 2.75) is 25.8 Å². The molecule has 0 radical (unpaired) electrons. The summed E-state index contributed by atoms with van der Waals surface area (Å²) in [6, 6.07) is 1.71. The zero-order valence-electron chi connectivity index (χ0n) is 9.33. The molecule has 1 aromatic rings. The highest BCUT2D eigenvalue weighted by molar-refractivity contribution is 9.10. The van der Waals surface area contributed by atoms with Crippen molar-refractivity contribution in [3.05, 3.63) is 28.5 Å². The Morgan fingerprint density at radius 1 is 1.56 bits per heavy atom. The molecular formula is C11H15BrN2O2. The number of carbonyl (C=O) groups is 1. The number of pyridine rings is 1. The van der Waals surface area contributed by atoms with Gasteiger partial charge >= 0.3 is 0 Å². The van der Waals surface area contributed by atoms with Crippen molar-refractivity contribution in [3.8, 4) is 0 Å². The molecule has 1 rings (SSSR count). The molecule has 16 heavy (non-hydrogen) atoms. The number of carbonyl (C=O) groups excluding carboxylic acids is 1. The molecule has 0 aliphatic carbocycles. The Hall–Kier alpha value is -0.940. The topological polar surface area (TPSA) is 62.2 Å². The number of aliphatic hydroxyl groups excluding tert-OH is 1. The maximum atomic E-state index is 11.8. The third-order valence-electron chi connectivity index (χ3n) is 2.16. The van der Waals surface area contributed by atoms with Crippen LogP contribution in [-0.2, 0) is 0 Å². The second-order valence-electron chi connectivity index (χ2n) is 4.20. The molecule has 4 nitrogen and oxygen atoms in total. The van der Waals surface area contributed by atoms with Gasteiger partial charge in [-0.25, -0.2) is 0 Å². The normalized spacial score (nSPS) is 11.2. The summed E-state index contributed by atoms with van der Waals surface area (Å²) in [5.74, 6) is -0.188. The summed E-state index contributed by atoms with van der Waals surface area (Å²) in [7, 11) is 0. The SMILES string of the molecule is CC(C)(CCO)NC(=O)c1cncc(Br)c1. The van der Waals surface area contributed by atoms with Gasteiger partial charge in [0.1, 0.15) is 0 Å². The molecule has 0 saturated carbocycles. The second-order valence-corrected chi connectivity index (χ2v) is 5.12. The molecule has 1 amide bonds. The average Bonchev–Trinajstić information content (AvgIpc) is 2.16. The van der Waals surface area contributed by atoms with Crippen molar-refractivity contribution in [2.24, 2.45) is 0 Å². The molecule has 0 aromatic carbocycles. The molecule has 1 aromatic heterocycles. The van der Waals surface area contributed by atoms with E-state index >= 15 is 0 Å². The smallest absolute Gasteiger partial charge is 0.253 e. The number of hydrogen-bond acceptors (Lipinski definition) is 3. The van der Waals surface area contributed by atoms with Crippen molar-refractivity contribution >= 4 is 21.8 Å². The Bertz CT molecular complexity index is 380. The fraction of sp³-hybridized carbons (Fsp3) is 0.455. The summed E-state index contributed by atoms with van der Waals surface area (Å²) in [6.45, 7) is 3.78. The van der Waals surface area contributed by atoms with E-state index in [9.17, 15) is 4.79 Å². The summed E-state index contributed by atoms with van der Waals surface area (Å²) in [5.41, 5.74) is 0.0779. The number of halogens is 1. The molecule has 0 saturated heterocycles. The molecule has 0 atom stereocenters. The highest BCUT2D eigenvalue weighted by Gasteiger charge is 2.20. The van der Waals surface area contributed by atoms with Crippen molar-refractivity contribution < 1.29 is 9.90 Å². The monoisotopic (exact) mass is 286 g/mol. The van der Waals surface area contributed by atoms with Gasteiger partial charge in [-0.2, -0.15) is 0 Å². The molecule has 0 fully saturated rings. The van der Waals surface area contributed by atoms with Crippen LogP contribution in [0.4, 0.5) is 0 Å². The number of amides is 1. The van der Waals surface area contributed by atoms with Crippen LogP contribution in [0.15, 0.2) is 22.9 Å². The van der Waals surface area contributed by atoms with Gasteiger partial charge in [0.05, 0.1) is 5.56 Å². The maximum Gasteiger partial charge on any atom is 0.253 e. The van der Waals surface area contributed by atoms with E-state index in [1.165, 1.54) is 6.20 Å². The molecule has 0 spiro atoms. The van der Waals surface area contributed by atoms with Crippen LogP contribution in [0.5, 0.6) is 0 Å². The third-order valence-corrected chi connectivity index (χ3v) is 2.59. The van der Waals surface area contributed by atoms with Gasteiger partial charge in [0.15, 0.2) is 0 Å². The highest BCUT2D eigenvalue weighted by atomic mass is 79.9. The minimum Gasteiger partial charge on any atom is -0.396 e. The second kappa shape index (κ2) is 5.41. The van der Waals surface area contributed by atoms with Gasteiger partial charge in [0.2, 0.25) is 0 Å². The number of aromatic nitrogens is 1. The summed E-state index contributed by atoms with van der Waals surface area (Å²) in [4.78, 5) is 15.8. The fourth-order valence-corrected chi connectivity index (χ4v) is 1.62. The first-order valence-electron chi connectivity index (χ1n) is 4.98. The lowest BCUT2D eigenvalue weighted by atomic mass is 10.0. The van der Waals surface area contributed by atoms with Crippen molar-refractivity contribution in [2.75, 3.05) is 6.61 Å². The molecule has 5 heteroatoms. The van der Waals surface area contributed by atoms with E-state index in [0.717, 1.165) is 4.47 Å². The third kappa shape index (κ3) is 3.90. The van der Waals surface area contributed by atoms with Gasteiger partial charge in [-0.3, -0.25) is 9.78 Å². The Morgan fingerprint density at radius 2 is 2.25 bits per heavy atom. The van der Waals surface area contributed by atoms with E-state index in [1.54, 1.807) is 12.3 Å². The Morgan fingerprint density at radius 3 is 2.81 bits per heavy atom. The lowest BCUT2D eigenvalue weighted by Gasteiger charge is -2.25. The van der Waals surface area contributed by atoms with Gasteiger partial charge in [0, 0.05) is 29.0 Å². The first-order valence-corrected chi connectivity index (χ1v) is 5.78. The molecule has 1 heterocycles. The minimum atomic E-state index is -0.422. The molecule has 0 bridgehead atoms. The maximum absolute atomic E-state index is 11.8. The van der Waals surface area contributed by atoms with Crippen LogP contribution in [0.2, 0.25) is 0 Å². The van der Waals surface area contributed by atoms with E-state index in [0.29, 0.717) is 12.0 Å². The number of aliphatic hydroxyl groups is 1. The van der Waals surface area contributed by atoms with Gasteiger partial charge in [-0.15, -0.1) is 0 Å². The Kier molecular flexibility index (Phi) is 4.44. The van der Waals surface area contributed by atoms with E-state index in [-0.39, 0.29) is 12.5 Å². The van der Waals surface area contributed by atoms with Crippen LogP contribution in [0.3, 0.4) is 0 Å². The lowest BCUT2D eigenvalue weighted by molar-refractivity contribution is 0.0899. The van der Waals surface area contributed by atoms with Crippen LogP contribution >= 0.6 is 15.9 Å². The number of rotatable bonds is 4. The van der Waals surface area contributed by atoms with E-state index in [2.05, 4.69) is 26.2 Å². The van der Waals surface area contributed by atoms with Crippen LogP contribution in [0.25, 0.3) is 0 Å². The summed E-state index contributed by atoms with van der Waals surface area (Å²) >= 11 is 3.26. The van der Waals surface area contributed by atoms with Gasteiger partial charge in [-0.1, -0.05) is 0 Å². The predicted molar refractivity (Wildman–Crippen MR) is 65.2 cm³/mol. The van der Waals surface area contributed by atoms with Crippen molar-refractivity contribution in [1.82, 2.24) is 10.3 Å². The number of nitrogens with one attached hydrogen (secondary N) is 1. The fourth-order valence-electron chi connectivity index (χ4n) is 1.26. The van der Waals surface area contributed by atoms with E-state index in [1.807, 2.05) is 13.8 Å². The molecule has 2 N–H and O–H groups in total. The molecule has 0 aliphatic heterocycles. The number of nitrogens with zero attached hydrogens (tertiary/aromatic N) is 1. The molecule has 0 aliphatic rings. The molecule has 88 valence electrons. The standard InChI is InChI=1S/C11H15BrN2O2/c1-11(2,3-4-15)14-10(16)8-5-9(12)7-13-6-8/h5-7,15H,3-4H2,1-2H3,(H,14,16). The van der Waals surface area contributed by atoms with E-state index < -0.39 is 5.54 Å². The first kappa shape index (κ1) is 13.1. The quantitative estimate of drug-likeness (QED) is 0.886. The number of hydrogen-bond donors (Lipinski definition) is 2. The largest absolute Gasteiger partial charge is 0.396 e. The lowest BCUT2D eigenvalue weighted by Crippen LogP contribution is -2.44. The summed E-state index contributed by atoms with van der Waals surface area (Å²) in [5, 5.41) is 11.7. The highest BCUT2D eigenvalue weighted by Crippen LogP contribution is 2.12. The van der Waals surface area contributed by atoms with E-state index in [4.69, 9.17) is 5.11 Å².